The molecule has 0 saturated carbocycles. The van der Waals surface area contributed by atoms with Crippen LogP contribution < -0.4 is 10.1 Å². The van der Waals surface area contributed by atoms with E-state index in [1.165, 1.54) is 35.4 Å². The minimum atomic E-state index is -1.12. The molecule has 2 amide bonds. The monoisotopic (exact) mass is 603 g/mol. The average Bonchev–Trinajstić information content (AvgIpc) is 3.39. The number of ether oxygens (including phenoxy) is 2. The Balaban J connectivity index is 1.07. The molecule has 0 bridgehead atoms. The fraction of sp³-hybridized carbons (Fsp3) is 0.139. The van der Waals surface area contributed by atoms with Crippen LogP contribution in [0.5, 0.6) is 11.6 Å². The van der Waals surface area contributed by atoms with E-state index in [0.29, 0.717) is 12.1 Å². The van der Waals surface area contributed by atoms with Gasteiger partial charge in [0.2, 0.25) is 17.6 Å². The molecule has 5 aromatic rings. The Morgan fingerprint density at radius 3 is 2.22 bits per heavy atom. The molecule has 45 heavy (non-hydrogen) atoms. The quantitative estimate of drug-likeness (QED) is 0.218. The summed E-state index contributed by atoms with van der Waals surface area (Å²) in [5.74, 6) is -2.97. The van der Waals surface area contributed by atoms with Gasteiger partial charge in [-0.05, 0) is 51.6 Å². The third-order valence-electron chi connectivity index (χ3n) is 8.26. The molecule has 2 heterocycles. The second-order valence-corrected chi connectivity index (χ2v) is 10.9. The third-order valence-corrected chi connectivity index (χ3v) is 8.26. The fourth-order valence-electron chi connectivity index (χ4n) is 6.04. The topological polar surface area (TPSA) is 80.8 Å². The number of nitrogens with zero attached hydrogens (tertiary/aromatic N) is 2. The maximum atomic E-state index is 14.0. The number of aromatic nitrogens is 1. The first kappa shape index (κ1) is 28.2. The number of benzene rings is 4. The lowest BCUT2D eigenvalue weighted by molar-refractivity contribution is -0.121. The van der Waals surface area contributed by atoms with Gasteiger partial charge in [-0.25, -0.2) is 14.2 Å². The van der Waals surface area contributed by atoms with E-state index in [0.717, 1.165) is 39.4 Å². The van der Waals surface area contributed by atoms with Crippen LogP contribution in [0.15, 0.2) is 109 Å². The van der Waals surface area contributed by atoms with Gasteiger partial charge in [-0.1, -0.05) is 78.9 Å². The fourth-order valence-corrected chi connectivity index (χ4v) is 6.04. The van der Waals surface area contributed by atoms with Crippen molar-refractivity contribution < 1.29 is 27.8 Å². The van der Waals surface area contributed by atoms with Crippen LogP contribution in [0.25, 0.3) is 11.1 Å². The second kappa shape index (κ2) is 11.8. The predicted molar refractivity (Wildman–Crippen MR) is 164 cm³/mol. The summed E-state index contributed by atoms with van der Waals surface area (Å²) in [5, 5.41) is 2.82. The number of rotatable bonds is 6. The highest BCUT2D eigenvalue weighted by molar-refractivity contribution is 5.97. The van der Waals surface area contributed by atoms with Gasteiger partial charge in [-0.3, -0.25) is 9.69 Å². The number of amides is 2. The molecule has 2 aliphatic rings. The van der Waals surface area contributed by atoms with E-state index >= 15 is 0 Å². The molecule has 7 rings (SSSR count). The Morgan fingerprint density at radius 2 is 1.51 bits per heavy atom. The number of pyridine rings is 1. The first-order chi connectivity index (χ1) is 22.0. The molecule has 0 fully saturated rings. The molecule has 0 spiro atoms. The number of halogens is 2. The van der Waals surface area contributed by atoms with Crippen LogP contribution in [0.3, 0.4) is 0 Å². The van der Waals surface area contributed by atoms with Crippen molar-refractivity contribution in [2.24, 2.45) is 0 Å². The minimum absolute atomic E-state index is 0.0179. The molecule has 0 saturated heterocycles. The standard InChI is InChI=1S/C36H27F2N3O4/c37-30-14-7-15-32(34(30)38)45-33-17-16-24(19-39-33)40-35(42)31-18-22-8-1-2-9-23(22)20-41(31)36(43)44-21-29-27-12-5-3-10-25(27)26-11-4-6-13-28(26)29/h1-17,19,29,31H,18,20-21H2,(H,40,42)/t31-/m1/s1. The lowest BCUT2D eigenvalue weighted by Crippen LogP contribution is -2.51. The Morgan fingerprint density at radius 1 is 0.822 bits per heavy atom. The van der Waals surface area contributed by atoms with Gasteiger partial charge >= 0.3 is 6.09 Å². The summed E-state index contributed by atoms with van der Waals surface area (Å²) in [6.45, 7) is 0.353. The van der Waals surface area contributed by atoms with Crippen LogP contribution in [-0.2, 0) is 22.5 Å². The maximum Gasteiger partial charge on any atom is 0.410 e. The van der Waals surface area contributed by atoms with E-state index in [1.807, 2.05) is 48.5 Å². The van der Waals surface area contributed by atoms with Gasteiger partial charge in [0.1, 0.15) is 12.6 Å². The van der Waals surface area contributed by atoms with E-state index in [9.17, 15) is 18.4 Å². The van der Waals surface area contributed by atoms with E-state index < -0.39 is 29.7 Å². The van der Waals surface area contributed by atoms with Gasteiger partial charge in [0.15, 0.2) is 11.6 Å². The Labute approximate surface area is 258 Å². The van der Waals surface area contributed by atoms with Gasteiger partial charge in [-0.2, -0.15) is 4.39 Å². The summed E-state index contributed by atoms with van der Waals surface area (Å²) >= 11 is 0. The first-order valence-electron chi connectivity index (χ1n) is 14.5. The summed E-state index contributed by atoms with van der Waals surface area (Å²) in [7, 11) is 0. The van der Waals surface area contributed by atoms with Gasteiger partial charge in [0.05, 0.1) is 18.4 Å². The molecule has 0 unspecified atom stereocenters. The average molecular weight is 604 g/mol. The van der Waals surface area contributed by atoms with Crippen molar-refractivity contribution in [3.63, 3.8) is 0 Å². The van der Waals surface area contributed by atoms with E-state index in [-0.39, 0.29) is 30.7 Å². The third kappa shape index (κ3) is 5.48. The van der Waals surface area contributed by atoms with Crippen LogP contribution in [0, 0.1) is 11.6 Å². The zero-order valence-corrected chi connectivity index (χ0v) is 24.0. The highest BCUT2D eigenvalue weighted by Gasteiger charge is 2.37. The number of fused-ring (bicyclic) bond motifs is 4. The van der Waals surface area contributed by atoms with Crippen molar-refractivity contribution in [3.05, 3.63) is 143 Å². The molecule has 7 nitrogen and oxygen atoms in total. The van der Waals surface area contributed by atoms with E-state index in [2.05, 4.69) is 34.6 Å². The zero-order valence-electron chi connectivity index (χ0n) is 24.0. The minimum Gasteiger partial charge on any atom is -0.448 e. The highest BCUT2D eigenvalue weighted by Crippen LogP contribution is 2.44. The number of hydrogen-bond donors (Lipinski definition) is 1. The van der Waals surface area contributed by atoms with Gasteiger partial charge in [-0.15, -0.1) is 0 Å². The van der Waals surface area contributed by atoms with Crippen LogP contribution in [0.1, 0.15) is 28.2 Å². The van der Waals surface area contributed by atoms with Gasteiger partial charge in [0.25, 0.3) is 0 Å². The summed E-state index contributed by atoms with van der Waals surface area (Å²) < 4.78 is 38.8. The lowest BCUT2D eigenvalue weighted by Gasteiger charge is -2.35. The smallest absolute Gasteiger partial charge is 0.410 e. The first-order valence-corrected chi connectivity index (χ1v) is 14.5. The van der Waals surface area contributed by atoms with Gasteiger partial charge in [0, 0.05) is 18.4 Å². The zero-order chi connectivity index (χ0) is 30.9. The molecule has 9 heteroatoms. The number of hydrogen-bond acceptors (Lipinski definition) is 5. The highest BCUT2D eigenvalue weighted by atomic mass is 19.2. The SMILES string of the molecule is O=C(Nc1ccc(Oc2cccc(F)c2F)nc1)[C@H]1Cc2ccccc2CN1C(=O)OCC1c2ccccc2-c2ccccc21. The van der Waals surface area contributed by atoms with Crippen molar-refractivity contribution in [1.82, 2.24) is 9.88 Å². The van der Waals surface area contributed by atoms with Crippen LogP contribution in [0.2, 0.25) is 0 Å². The molecule has 1 N–H and O–H groups in total. The van der Waals surface area contributed by atoms with Crippen LogP contribution in [0.4, 0.5) is 19.3 Å². The van der Waals surface area contributed by atoms with Crippen molar-refractivity contribution in [3.8, 4) is 22.8 Å². The van der Waals surface area contributed by atoms with Crippen molar-refractivity contribution in [2.45, 2.75) is 24.9 Å². The summed E-state index contributed by atoms with van der Waals surface area (Å²) in [5.41, 5.74) is 6.73. The van der Waals surface area contributed by atoms with E-state index in [1.54, 1.807) is 0 Å². The summed E-state index contributed by atoms with van der Waals surface area (Å²) in [6, 6.07) is 29.6. The normalized spacial score (nSPS) is 15.1. The van der Waals surface area contributed by atoms with Crippen molar-refractivity contribution >= 4 is 17.7 Å². The molecular formula is C36H27F2N3O4. The van der Waals surface area contributed by atoms with Crippen molar-refractivity contribution in [1.29, 1.82) is 0 Å². The maximum absolute atomic E-state index is 14.0. The molecule has 1 atom stereocenters. The molecule has 1 aliphatic carbocycles. The summed E-state index contributed by atoms with van der Waals surface area (Å²) in [4.78, 5) is 32.9. The number of nitrogens with one attached hydrogen (secondary N) is 1. The Kier molecular flexibility index (Phi) is 7.42. The Hall–Kier alpha value is -5.57. The number of anilines is 1. The molecule has 224 valence electrons. The molecule has 0 radical (unpaired) electrons. The second-order valence-electron chi connectivity index (χ2n) is 10.9. The molecule has 4 aromatic carbocycles. The number of carbonyl (C=O) groups is 2. The van der Waals surface area contributed by atoms with Crippen molar-refractivity contribution in [2.75, 3.05) is 11.9 Å². The number of carbonyl (C=O) groups excluding carboxylic acids is 2. The lowest BCUT2D eigenvalue weighted by atomic mass is 9.93. The largest absolute Gasteiger partial charge is 0.448 e. The molecule has 1 aromatic heterocycles. The van der Waals surface area contributed by atoms with E-state index in [4.69, 9.17) is 9.47 Å². The Bertz CT molecular complexity index is 1870. The van der Waals surface area contributed by atoms with Crippen LogP contribution >= 0.6 is 0 Å². The molecular weight excluding hydrogens is 576 g/mol. The van der Waals surface area contributed by atoms with Gasteiger partial charge < -0.3 is 14.8 Å². The predicted octanol–water partition coefficient (Wildman–Crippen LogP) is 7.47. The van der Waals surface area contributed by atoms with Crippen LogP contribution in [-0.4, -0.2) is 34.5 Å². The summed E-state index contributed by atoms with van der Waals surface area (Å²) in [6.07, 6.45) is 1.07. The molecule has 1 aliphatic heterocycles.